The molecule has 184 valence electrons. The number of aromatic nitrogens is 1. The highest BCUT2D eigenvalue weighted by Crippen LogP contribution is 2.34. The van der Waals surface area contributed by atoms with Crippen LogP contribution in [0.3, 0.4) is 0 Å². The minimum Gasteiger partial charge on any atom is -0.497 e. The largest absolute Gasteiger partial charge is 0.497 e. The lowest BCUT2D eigenvalue weighted by atomic mass is 10.0. The van der Waals surface area contributed by atoms with Gasteiger partial charge in [0.15, 0.2) is 11.5 Å². The first kappa shape index (κ1) is 23.3. The van der Waals surface area contributed by atoms with E-state index in [0.29, 0.717) is 58.8 Å². The number of carbonyl (C=O) groups excluding carboxylic acids is 1. The maximum absolute atomic E-state index is 13.5. The van der Waals surface area contributed by atoms with Gasteiger partial charge in [0.05, 0.1) is 37.0 Å². The zero-order valence-corrected chi connectivity index (χ0v) is 20.3. The van der Waals surface area contributed by atoms with Crippen LogP contribution < -0.4 is 29.6 Å². The molecular weight excluding hydrogens is 458 g/mol. The van der Waals surface area contributed by atoms with Gasteiger partial charge in [0.2, 0.25) is 0 Å². The average Bonchev–Trinajstić information content (AvgIpc) is 2.92. The standard InChI is InChI=1S/C28H27N3O5/c1-17(18-8-11-24-26(14-18)36-13-12-35-24)29-28(32)21-16-27(30-22-7-5-4-6-20(21)22)31-23-10-9-19(33-2)15-25(23)34-3/h4-11,14-17H,12-13H2,1-3H3,(H,29,32)(H,30,31)/t17-/m1/s1. The number of benzene rings is 3. The van der Waals surface area contributed by atoms with Crippen LogP contribution in [0.1, 0.15) is 28.9 Å². The van der Waals surface area contributed by atoms with E-state index in [1.165, 1.54) is 0 Å². The molecule has 0 unspecified atom stereocenters. The number of nitrogens with zero attached hydrogens (tertiary/aromatic N) is 1. The Bertz CT molecular complexity index is 1420. The van der Waals surface area contributed by atoms with E-state index in [2.05, 4.69) is 10.6 Å². The predicted molar refractivity (Wildman–Crippen MR) is 138 cm³/mol. The summed E-state index contributed by atoms with van der Waals surface area (Å²) in [6.45, 7) is 2.98. The van der Waals surface area contributed by atoms with Crippen molar-refractivity contribution in [2.24, 2.45) is 0 Å². The minimum absolute atomic E-state index is 0.208. The molecule has 8 nitrogen and oxygen atoms in total. The van der Waals surface area contributed by atoms with Crippen molar-refractivity contribution in [3.63, 3.8) is 0 Å². The van der Waals surface area contributed by atoms with Crippen LogP contribution in [-0.2, 0) is 0 Å². The Kier molecular flexibility index (Phi) is 6.49. The molecule has 2 N–H and O–H groups in total. The summed E-state index contributed by atoms with van der Waals surface area (Å²) in [6, 6.07) is 20.2. The lowest BCUT2D eigenvalue weighted by molar-refractivity contribution is 0.0941. The maximum atomic E-state index is 13.5. The second kappa shape index (κ2) is 10.0. The van der Waals surface area contributed by atoms with Crippen molar-refractivity contribution in [2.45, 2.75) is 13.0 Å². The molecule has 1 atom stereocenters. The summed E-state index contributed by atoms with van der Waals surface area (Å²) in [5.74, 6) is 3.00. The van der Waals surface area contributed by atoms with E-state index in [4.69, 9.17) is 23.9 Å². The number of anilines is 2. The molecule has 2 heterocycles. The fourth-order valence-electron chi connectivity index (χ4n) is 4.15. The van der Waals surface area contributed by atoms with Gasteiger partial charge in [0.25, 0.3) is 5.91 Å². The van der Waals surface area contributed by atoms with E-state index in [0.717, 1.165) is 10.9 Å². The third-order valence-electron chi connectivity index (χ3n) is 6.05. The van der Waals surface area contributed by atoms with Crippen molar-refractivity contribution in [1.82, 2.24) is 10.3 Å². The highest BCUT2D eigenvalue weighted by atomic mass is 16.6. The lowest BCUT2D eigenvalue weighted by Gasteiger charge is -2.21. The number of pyridine rings is 1. The molecule has 36 heavy (non-hydrogen) atoms. The smallest absolute Gasteiger partial charge is 0.252 e. The van der Waals surface area contributed by atoms with Crippen molar-refractivity contribution in [2.75, 3.05) is 32.8 Å². The molecule has 1 aliphatic heterocycles. The number of hydrogen-bond donors (Lipinski definition) is 2. The number of nitrogens with one attached hydrogen (secondary N) is 2. The summed E-state index contributed by atoms with van der Waals surface area (Å²) in [5.41, 5.74) is 2.84. The number of fused-ring (bicyclic) bond motifs is 2. The Hall–Kier alpha value is -4.46. The van der Waals surface area contributed by atoms with Gasteiger partial charge in [-0.1, -0.05) is 24.3 Å². The molecule has 4 aromatic rings. The van der Waals surface area contributed by atoms with E-state index in [9.17, 15) is 4.79 Å². The first-order valence-electron chi connectivity index (χ1n) is 11.6. The first-order chi connectivity index (χ1) is 17.6. The Morgan fingerprint density at radius 3 is 2.56 bits per heavy atom. The van der Waals surface area contributed by atoms with Crippen LogP contribution in [0.4, 0.5) is 11.5 Å². The number of hydrogen-bond acceptors (Lipinski definition) is 7. The normalized spacial score (nSPS) is 13.1. The number of carbonyl (C=O) groups is 1. The monoisotopic (exact) mass is 485 g/mol. The summed E-state index contributed by atoms with van der Waals surface area (Å²) < 4.78 is 22.1. The number of methoxy groups -OCH3 is 2. The van der Waals surface area contributed by atoms with E-state index < -0.39 is 0 Å². The third kappa shape index (κ3) is 4.70. The van der Waals surface area contributed by atoms with E-state index in [1.807, 2.05) is 61.5 Å². The van der Waals surface area contributed by atoms with Crippen LogP contribution >= 0.6 is 0 Å². The minimum atomic E-state index is -0.252. The van der Waals surface area contributed by atoms with Gasteiger partial charge in [-0.3, -0.25) is 4.79 Å². The molecule has 0 aliphatic carbocycles. The SMILES string of the molecule is COc1ccc(Nc2cc(C(=O)N[C@H](C)c3ccc4c(c3)OCCO4)c3ccccc3n2)c(OC)c1. The van der Waals surface area contributed by atoms with E-state index >= 15 is 0 Å². The summed E-state index contributed by atoms with van der Waals surface area (Å²) in [5, 5.41) is 7.15. The van der Waals surface area contributed by atoms with Crippen molar-refractivity contribution >= 4 is 28.3 Å². The number of ether oxygens (including phenoxy) is 4. The van der Waals surface area contributed by atoms with Crippen LogP contribution in [0, 0.1) is 0 Å². The Morgan fingerprint density at radius 2 is 1.75 bits per heavy atom. The lowest BCUT2D eigenvalue weighted by Crippen LogP contribution is -2.27. The van der Waals surface area contributed by atoms with Crippen LogP contribution in [0.5, 0.6) is 23.0 Å². The highest BCUT2D eigenvalue weighted by molar-refractivity contribution is 6.07. The highest BCUT2D eigenvalue weighted by Gasteiger charge is 2.19. The van der Waals surface area contributed by atoms with Crippen LogP contribution in [-0.4, -0.2) is 38.3 Å². The average molecular weight is 486 g/mol. The zero-order valence-electron chi connectivity index (χ0n) is 20.3. The molecule has 0 fully saturated rings. The molecule has 0 saturated heterocycles. The van der Waals surface area contributed by atoms with Gasteiger partial charge in [-0.25, -0.2) is 4.98 Å². The predicted octanol–water partition coefficient (Wildman–Crippen LogP) is 5.26. The van der Waals surface area contributed by atoms with Gasteiger partial charge in [0, 0.05) is 11.5 Å². The molecule has 1 amide bonds. The zero-order chi connectivity index (χ0) is 25.1. The summed E-state index contributed by atoms with van der Waals surface area (Å²) >= 11 is 0. The van der Waals surface area contributed by atoms with Crippen molar-refractivity contribution in [1.29, 1.82) is 0 Å². The number of amides is 1. The number of para-hydroxylation sites is 1. The Morgan fingerprint density at radius 1 is 0.944 bits per heavy atom. The van der Waals surface area contributed by atoms with E-state index in [1.54, 1.807) is 26.4 Å². The van der Waals surface area contributed by atoms with Crippen molar-refractivity contribution < 1.29 is 23.7 Å². The molecule has 0 saturated carbocycles. The second-order valence-electron chi connectivity index (χ2n) is 8.36. The van der Waals surface area contributed by atoms with Gasteiger partial charge in [-0.15, -0.1) is 0 Å². The van der Waals surface area contributed by atoms with Crippen LogP contribution in [0.2, 0.25) is 0 Å². The van der Waals surface area contributed by atoms with Crippen molar-refractivity contribution in [3.8, 4) is 23.0 Å². The molecule has 3 aromatic carbocycles. The summed E-state index contributed by atoms with van der Waals surface area (Å²) in [7, 11) is 3.19. The second-order valence-corrected chi connectivity index (χ2v) is 8.36. The molecular formula is C28H27N3O5. The van der Waals surface area contributed by atoms with Gasteiger partial charge in [-0.2, -0.15) is 0 Å². The van der Waals surface area contributed by atoms with E-state index in [-0.39, 0.29) is 11.9 Å². The van der Waals surface area contributed by atoms with Gasteiger partial charge in [0.1, 0.15) is 30.5 Å². The third-order valence-corrected chi connectivity index (χ3v) is 6.05. The summed E-state index contributed by atoms with van der Waals surface area (Å²) in [6.07, 6.45) is 0. The van der Waals surface area contributed by atoms with Gasteiger partial charge in [-0.05, 0) is 48.9 Å². The van der Waals surface area contributed by atoms with Crippen LogP contribution in [0.25, 0.3) is 10.9 Å². The fraction of sp³-hybridized carbons (Fsp3) is 0.214. The molecule has 1 aliphatic rings. The van der Waals surface area contributed by atoms with Crippen LogP contribution in [0.15, 0.2) is 66.7 Å². The summed E-state index contributed by atoms with van der Waals surface area (Å²) in [4.78, 5) is 18.2. The Balaban J connectivity index is 1.44. The molecule has 1 aromatic heterocycles. The quantitative estimate of drug-likeness (QED) is 0.369. The first-order valence-corrected chi connectivity index (χ1v) is 11.6. The molecule has 8 heteroatoms. The molecule has 5 rings (SSSR count). The molecule has 0 radical (unpaired) electrons. The van der Waals surface area contributed by atoms with Crippen molar-refractivity contribution in [3.05, 3.63) is 77.9 Å². The molecule has 0 spiro atoms. The van der Waals surface area contributed by atoms with Gasteiger partial charge >= 0.3 is 0 Å². The Labute approximate surface area is 209 Å². The van der Waals surface area contributed by atoms with Gasteiger partial charge < -0.3 is 29.6 Å². The topological polar surface area (TPSA) is 90.9 Å². The fourth-order valence-corrected chi connectivity index (χ4v) is 4.15. The molecule has 0 bridgehead atoms. The maximum Gasteiger partial charge on any atom is 0.252 e. The number of rotatable bonds is 7.